The molecule has 2 heterocycles. The van der Waals surface area contributed by atoms with Gasteiger partial charge in [-0.3, -0.25) is 4.90 Å². The Labute approximate surface area is 146 Å². The monoisotopic (exact) mass is 328 g/mol. The highest BCUT2D eigenvalue weighted by molar-refractivity contribution is 5.80. The predicted octanol–water partition coefficient (Wildman–Crippen LogP) is 4.03. The molecule has 0 amide bonds. The normalized spacial score (nSPS) is 17.2. The number of hydrogen-bond donors (Lipinski definition) is 1. The van der Waals surface area contributed by atoms with Crippen LogP contribution in [-0.4, -0.2) is 47.6 Å². The first-order valence-corrected chi connectivity index (χ1v) is 9.30. The molecule has 0 unspecified atom stereocenters. The molecule has 0 radical (unpaired) electrons. The summed E-state index contributed by atoms with van der Waals surface area (Å²) in [6, 6.07) is 6.64. The van der Waals surface area contributed by atoms with Crippen molar-refractivity contribution >= 4 is 16.7 Å². The lowest BCUT2D eigenvalue weighted by atomic mass is 9.96. The van der Waals surface area contributed by atoms with Gasteiger partial charge in [-0.15, -0.1) is 0 Å². The number of imidazole rings is 1. The molecule has 1 aliphatic heterocycles. The summed E-state index contributed by atoms with van der Waals surface area (Å²) in [6.07, 6.45) is 1.30. The topological polar surface area (TPSA) is 35.2 Å². The molecular formula is C20H32N4. The van der Waals surface area contributed by atoms with Gasteiger partial charge in [0.2, 0.25) is 0 Å². The molecular weight excluding hydrogens is 296 g/mol. The standard InChI is InChI=1S/C20H32N4/c1-15(2)8-9-23-10-12-24(13-11-23)16-6-7-17-18(14-16)22-19(21-17)20(3,4)5/h6-7,14-15H,8-13H2,1-5H3,(H,21,22). The summed E-state index contributed by atoms with van der Waals surface area (Å²) in [5.41, 5.74) is 3.59. The minimum Gasteiger partial charge on any atom is -0.369 e. The van der Waals surface area contributed by atoms with E-state index in [1.54, 1.807) is 0 Å². The third kappa shape index (κ3) is 3.92. The Balaban J connectivity index is 1.67. The highest BCUT2D eigenvalue weighted by atomic mass is 15.3. The number of anilines is 1. The third-order valence-electron chi connectivity index (χ3n) is 4.94. The van der Waals surface area contributed by atoms with Crippen molar-refractivity contribution in [2.45, 2.75) is 46.5 Å². The van der Waals surface area contributed by atoms with Crippen LogP contribution in [0.2, 0.25) is 0 Å². The number of aromatic nitrogens is 2. The molecule has 1 aliphatic rings. The van der Waals surface area contributed by atoms with E-state index in [4.69, 9.17) is 4.98 Å². The molecule has 0 spiro atoms. The largest absolute Gasteiger partial charge is 0.369 e. The summed E-state index contributed by atoms with van der Waals surface area (Å²) in [5.74, 6) is 1.86. The van der Waals surface area contributed by atoms with Crippen LogP contribution < -0.4 is 4.90 Å². The number of fused-ring (bicyclic) bond motifs is 1. The molecule has 1 N–H and O–H groups in total. The second-order valence-corrected chi connectivity index (χ2v) is 8.55. The summed E-state index contributed by atoms with van der Waals surface area (Å²) in [7, 11) is 0. The Bertz CT molecular complexity index is 672. The summed E-state index contributed by atoms with van der Waals surface area (Å²) in [4.78, 5) is 13.4. The van der Waals surface area contributed by atoms with Crippen molar-refractivity contribution in [3.63, 3.8) is 0 Å². The van der Waals surface area contributed by atoms with Gasteiger partial charge < -0.3 is 9.88 Å². The predicted molar refractivity (Wildman–Crippen MR) is 103 cm³/mol. The molecule has 0 bridgehead atoms. The van der Waals surface area contributed by atoms with Gasteiger partial charge in [-0.2, -0.15) is 0 Å². The quantitative estimate of drug-likeness (QED) is 0.920. The number of nitrogens with one attached hydrogen (secondary N) is 1. The maximum absolute atomic E-state index is 4.74. The van der Waals surface area contributed by atoms with E-state index in [-0.39, 0.29) is 5.41 Å². The molecule has 0 atom stereocenters. The Kier molecular flexibility index (Phi) is 4.86. The van der Waals surface area contributed by atoms with E-state index in [9.17, 15) is 0 Å². The maximum Gasteiger partial charge on any atom is 0.112 e. The maximum atomic E-state index is 4.74. The molecule has 1 saturated heterocycles. The molecule has 1 aromatic carbocycles. The molecule has 0 saturated carbocycles. The van der Waals surface area contributed by atoms with Gasteiger partial charge in [-0.1, -0.05) is 34.6 Å². The summed E-state index contributed by atoms with van der Waals surface area (Å²) >= 11 is 0. The Morgan fingerprint density at radius 3 is 2.46 bits per heavy atom. The Morgan fingerprint density at radius 2 is 1.83 bits per heavy atom. The zero-order valence-corrected chi connectivity index (χ0v) is 15.9. The van der Waals surface area contributed by atoms with Crippen molar-refractivity contribution in [1.82, 2.24) is 14.9 Å². The molecule has 4 nitrogen and oxygen atoms in total. The number of H-pyrrole nitrogens is 1. The van der Waals surface area contributed by atoms with E-state index in [2.05, 4.69) is 67.6 Å². The summed E-state index contributed by atoms with van der Waals surface area (Å²) < 4.78 is 0. The molecule has 2 aromatic rings. The third-order valence-corrected chi connectivity index (χ3v) is 4.94. The SMILES string of the molecule is CC(C)CCN1CCN(c2ccc3nc(C(C)(C)C)[nH]c3c2)CC1. The highest BCUT2D eigenvalue weighted by Crippen LogP contribution is 2.26. The lowest BCUT2D eigenvalue weighted by Crippen LogP contribution is -2.46. The van der Waals surface area contributed by atoms with Crippen LogP contribution in [0.4, 0.5) is 5.69 Å². The summed E-state index contributed by atoms with van der Waals surface area (Å²) in [5, 5.41) is 0. The van der Waals surface area contributed by atoms with Crippen LogP contribution in [0.1, 0.15) is 46.9 Å². The lowest BCUT2D eigenvalue weighted by Gasteiger charge is -2.36. The molecule has 3 rings (SSSR count). The number of aromatic amines is 1. The molecule has 1 aromatic heterocycles. The van der Waals surface area contributed by atoms with E-state index in [0.717, 1.165) is 35.9 Å². The van der Waals surface area contributed by atoms with Crippen LogP contribution in [0.25, 0.3) is 11.0 Å². The number of benzene rings is 1. The van der Waals surface area contributed by atoms with Crippen molar-refractivity contribution in [3.05, 3.63) is 24.0 Å². The molecule has 132 valence electrons. The van der Waals surface area contributed by atoms with Crippen LogP contribution >= 0.6 is 0 Å². The zero-order chi connectivity index (χ0) is 17.3. The average molecular weight is 329 g/mol. The second kappa shape index (κ2) is 6.75. The van der Waals surface area contributed by atoms with E-state index in [1.165, 1.54) is 31.7 Å². The number of piperazine rings is 1. The van der Waals surface area contributed by atoms with Gasteiger partial charge in [0.25, 0.3) is 0 Å². The lowest BCUT2D eigenvalue weighted by molar-refractivity contribution is 0.244. The van der Waals surface area contributed by atoms with Gasteiger partial charge in [-0.05, 0) is 37.1 Å². The number of rotatable bonds is 4. The fraction of sp³-hybridized carbons (Fsp3) is 0.650. The van der Waals surface area contributed by atoms with Crippen LogP contribution in [0.5, 0.6) is 0 Å². The van der Waals surface area contributed by atoms with E-state index >= 15 is 0 Å². The van der Waals surface area contributed by atoms with Crippen molar-refractivity contribution in [3.8, 4) is 0 Å². The van der Waals surface area contributed by atoms with E-state index in [0.29, 0.717) is 0 Å². The second-order valence-electron chi connectivity index (χ2n) is 8.55. The van der Waals surface area contributed by atoms with Crippen LogP contribution in [0.3, 0.4) is 0 Å². The first-order chi connectivity index (χ1) is 11.3. The number of nitrogens with zero attached hydrogens (tertiary/aromatic N) is 3. The van der Waals surface area contributed by atoms with Gasteiger partial charge in [0.15, 0.2) is 0 Å². The van der Waals surface area contributed by atoms with Crippen LogP contribution in [0.15, 0.2) is 18.2 Å². The van der Waals surface area contributed by atoms with Gasteiger partial charge in [0.05, 0.1) is 11.0 Å². The first-order valence-electron chi connectivity index (χ1n) is 9.30. The van der Waals surface area contributed by atoms with Crippen LogP contribution in [0, 0.1) is 5.92 Å². The van der Waals surface area contributed by atoms with Crippen LogP contribution in [-0.2, 0) is 5.41 Å². The first kappa shape index (κ1) is 17.3. The minimum absolute atomic E-state index is 0.0568. The molecule has 1 fully saturated rings. The minimum atomic E-state index is 0.0568. The molecule has 0 aliphatic carbocycles. The Hall–Kier alpha value is -1.55. The van der Waals surface area contributed by atoms with Gasteiger partial charge in [0.1, 0.15) is 5.82 Å². The van der Waals surface area contributed by atoms with E-state index in [1.807, 2.05) is 0 Å². The van der Waals surface area contributed by atoms with Gasteiger partial charge in [0, 0.05) is 37.3 Å². The van der Waals surface area contributed by atoms with Gasteiger partial charge >= 0.3 is 0 Å². The molecule has 4 heteroatoms. The van der Waals surface area contributed by atoms with Crippen molar-refractivity contribution in [2.75, 3.05) is 37.6 Å². The fourth-order valence-corrected chi connectivity index (χ4v) is 3.22. The van der Waals surface area contributed by atoms with Gasteiger partial charge in [-0.25, -0.2) is 4.98 Å². The highest BCUT2D eigenvalue weighted by Gasteiger charge is 2.20. The Morgan fingerprint density at radius 1 is 1.12 bits per heavy atom. The summed E-state index contributed by atoms with van der Waals surface area (Å²) in [6.45, 7) is 17.0. The van der Waals surface area contributed by atoms with Crippen molar-refractivity contribution < 1.29 is 0 Å². The number of hydrogen-bond acceptors (Lipinski definition) is 3. The smallest absolute Gasteiger partial charge is 0.112 e. The zero-order valence-electron chi connectivity index (χ0n) is 15.9. The molecule has 24 heavy (non-hydrogen) atoms. The van der Waals surface area contributed by atoms with Crippen molar-refractivity contribution in [1.29, 1.82) is 0 Å². The average Bonchev–Trinajstić information content (AvgIpc) is 2.97. The van der Waals surface area contributed by atoms with E-state index < -0.39 is 0 Å². The fourth-order valence-electron chi connectivity index (χ4n) is 3.22. The van der Waals surface area contributed by atoms with Crippen molar-refractivity contribution in [2.24, 2.45) is 5.92 Å².